The highest BCUT2D eigenvalue weighted by molar-refractivity contribution is 6.35. The Morgan fingerprint density at radius 1 is 1.03 bits per heavy atom. The fourth-order valence-electron chi connectivity index (χ4n) is 3.78. The molecule has 1 aromatic heterocycles. The van der Waals surface area contributed by atoms with Crippen molar-refractivity contribution in [3.05, 3.63) is 99.9 Å². The number of aliphatic carboxylic acids is 1. The van der Waals surface area contributed by atoms with Crippen LogP contribution >= 0.6 is 23.2 Å². The number of benzene rings is 3. The first-order valence-electron chi connectivity index (χ1n) is 11.7. The number of rotatable bonds is 10. The monoisotopic (exact) mass is 553 g/mol. The number of hydrogen-bond acceptors (Lipinski definition) is 5. The summed E-state index contributed by atoms with van der Waals surface area (Å²) in [5.74, 6) is 0.744. The van der Waals surface area contributed by atoms with Gasteiger partial charge in [-0.25, -0.2) is 9.78 Å². The van der Waals surface area contributed by atoms with Gasteiger partial charge in [0.05, 0.1) is 12.3 Å². The van der Waals surface area contributed by atoms with Crippen molar-refractivity contribution in [3.63, 3.8) is 0 Å². The molecular weight excluding hydrogens is 529 g/mol. The highest BCUT2D eigenvalue weighted by Crippen LogP contribution is 2.24. The van der Waals surface area contributed by atoms with Crippen molar-refractivity contribution in [1.29, 1.82) is 0 Å². The van der Waals surface area contributed by atoms with Gasteiger partial charge in [-0.1, -0.05) is 53.5 Å². The number of aromatic nitrogens is 1. The molecule has 38 heavy (non-hydrogen) atoms. The third-order valence-electron chi connectivity index (χ3n) is 5.52. The van der Waals surface area contributed by atoms with Crippen LogP contribution in [0.2, 0.25) is 10.0 Å². The minimum absolute atomic E-state index is 0.0481. The molecule has 4 rings (SSSR count). The van der Waals surface area contributed by atoms with Crippen LogP contribution in [0.3, 0.4) is 0 Å². The first kappa shape index (κ1) is 27.0. The second kappa shape index (κ2) is 12.5. The molecule has 0 aliphatic heterocycles. The zero-order valence-corrected chi connectivity index (χ0v) is 22.0. The highest BCUT2D eigenvalue weighted by Gasteiger charge is 2.18. The summed E-state index contributed by atoms with van der Waals surface area (Å²) in [6, 6.07) is 20.8. The van der Waals surface area contributed by atoms with Crippen molar-refractivity contribution >= 4 is 40.9 Å². The van der Waals surface area contributed by atoms with Crippen LogP contribution in [0, 0.1) is 6.92 Å². The molecule has 0 radical (unpaired) electrons. The van der Waals surface area contributed by atoms with E-state index in [-0.39, 0.29) is 6.54 Å². The Balaban J connectivity index is 1.38. The second-order valence-electron chi connectivity index (χ2n) is 8.47. The number of carboxylic acids is 1. The van der Waals surface area contributed by atoms with E-state index in [4.69, 9.17) is 32.4 Å². The summed E-state index contributed by atoms with van der Waals surface area (Å²) in [6.07, 6.45) is 0.544. The van der Waals surface area contributed by atoms with Crippen LogP contribution in [0.25, 0.3) is 11.5 Å². The van der Waals surface area contributed by atoms with Crippen LogP contribution < -0.4 is 10.1 Å². The summed E-state index contributed by atoms with van der Waals surface area (Å²) in [5, 5.41) is 12.7. The number of nitrogens with one attached hydrogen (secondary N) is 1. The van der Waals surface area contributed by atoms with Gasteiger partial charge in [0.2, 0.25) is 5.89 Å². The molecule has 0 atom stereocenters. The number of nitrogens with zero attached hydrogens (tertiary/aromatic N) is 2. The number of hydrogen-bond donors (Lipinski definition) is 2. The standard InChI is InChI=1S/C28H25Cl2N3O5/c1-18-25(32-27(38-18)20-7-3-2-4-8-20)10-11-37-24-9-5-6-19(12-24)16-33(17-26(34)35)28(36)31-23-14-21(29)13-22(30)15-23/h2-9,12-15H,10-11,16-17H2,1H3,(H,31,36)(H,34,35). The van der Waals surface area contributed by atoms with Crippen molar-refractivity contribution in [2.45, 2.75) is 19.9 Å². The number of carbonyl (C=O) groups is 2. The molecule has 0 fully saturated rings. The van der Waals surface area contributed by atoms with E-state index in [0.29, 0.717) is 46.0 Å². The van der Waals surface area contributed by atoms with E-state index < -0.39 is 18.5 Å². The van der Waals surface area contributed by atoms with E-state index in [0.717, 1.165) is 17.0 Å². The smallest absolute Gasteiger partial charge is 0.323 e. The first-order valence-corrected chi connectivity index (χ1v) is 12.5. The second-order valence-corrected chi connectivity index (χ2v) is 9.34. The summed E-state index contributed by atoms with van der Waals surface area (Å²) in [7, 11) is 0. The largest absolute Gasteiger partial charge is 0.493 e. The summed E-state index contributed by atoms with van der Waals surface area (Å²) < 4.78 is 11.7. The third kappa shape index (κ3) is 7.50. The molecule has 10 heteroatoms. The maximum atomic E-state index is 12.8. The van der Waals surface area contributed by atoms with Gasteiger partial charge >= 0.3 is 12.0 Å². The molecule has 3 aromatic carbocycles. The van der Waals surface area contributed by atoms with E-state index in [1.165, 1.54) is 23.1 Å². The van der Waals surface area contributed by atoms with Gasteiger partial charge < -0.3 is 24.5 Å². The van der Waals surface area contributed by atoms with Gasteiger partial charge in [0.15, 0.2) is 0 Å². The number of amides is 2. The number of halogens is 2. The third-order valence-corrected chi connectivity index (χ3v) is 5.96. The Hall–Kier alpha value is -4.01. The van der Waals surface area contributed by atoms with Crippen LogP contribution in [0.15, 0.2) is 77.2 Å². The topological polar surface area (TPSA) is 105 Å². The van der Waals surface area contributed by atoms with Crippen molar-refractivity contribution in [3.8, 4) is 17.2 Å². The molecule has 4 aromatic rings. The molecule has 0 aliphatic rings. The molecule has 8 nitrogen and oxygen atoms in total. The zero-order chi connectivity index (χ0) is 27.1. The van der Waals surface area contributed by atoms with Crippen LogP contribution in [0.4, 0.5) is 10.5 Å². The lowest BCUT2D eigenvalue weighted by Gasteiger charge is -2.22. The van der Waals surface area contributed by atoms with Crippen molar-refractivity contribution in [2.24, 2.45) is 0 Å². The van der Waals surface area contributed by atoms with Crippen LogP contribution in [-0.2, 0) is 17.8 Å². The SMILES string of the molecule is Cc1oc(-c2ccccc2)nc1CCOc1cccc(CN(CC(=O)O)C(=O)Nc2cc(Cl)cc(Cl)c2)c1. The number of carbonyl (C=O) groups excluding carboxylic acids is 1. The summed E-state index contributed by atoms with van der Waals surface area (Å²) in [5.41, 5.74) is 2.78. The molecule has 196 valence electrons. The van der Waals surface area contributed by atoms with E-state index in [2.05, 4.69) is 10.3 Å². The Morgan fingerprint density at radius 2 is 1.76 bits per heavy atom. The Bertz CT molecular complexity index is 1410. The van der Waals surface area contributed by atoms with E-state index in [1.807, 2.05) is 37.3 Å². The number of urea groups is 1. The fourth-order valence-corrected chi connectivity index (χ4v) is 4.30. The van der Waals surface area contributed by atoms with Gasteiger partial charge in [-0.05, 0) is 55.0 Å². The van der Waals surface area contributed by atoms with E-state index in [9.17, 15) is 14.7 Å². The number of oxazole rings is 1. The average Bonchev–Trinajstić information content (AvgIpc) is 3.24. The number of carboxylic acid groups (broad SMARTS) is 1. The van der Waals surface area contributed by atoms with Gasteiger partial charge in [-0.2, -0.15) is 0 Å². The first-order chi connectivity index (χ1) is 18.3. The minimum atomic E-state index is -1.14. The van der Waals surface area contributed by atoms with Gasteiger partial charge in [-0.15, -0.1) is 0 Å². The molecule has 0 aliphatic carbocycles. The van der Waals surface area contributed by atoms with Crippen LogP contribution in [0.1, 0.15) is 17.0 Å². The lowest BCUT2D eigenvalue weighted by Crippen LogP contribution is -2.38. The predicted molar refractivity (Wildman–Crippen MR) is 146 cm³/mol. The Labute approximate surface area is 229 Å². The van der Waals surface area contributed by atoms with Gasteiger partial charge in [0, 0.05) is 34.3 Å². The number of anilines is 1. The number of aryl methyl sites for hydroxylation is 1. The van der Waals surface area contributed by atoms with E-state index >= 15 is 0 Å². The van der Waals surface area contributed by atoms with E-state index in [1.54, 1.807) is 24.3 Å². The molecule has 0 spiro atoms. The van der Waals surface area contributed by atoms with Gasteiger partial charge in [0.1, 0.15) is 18.1 Å². The minimum Gasteiger partial charge on any atom is -0.493 e. The average molecular weight is 554 g/mol. The molecule has 0 unspecified atom stereocenters. The van der Waals surface area contributed by atoms with Crippen molar-refractivity contribution in [2.75, 3.05) is 18.5 Å². The Kier molecular flexibility index (Phi) is 8.89. The molecule has 0 saturated heterocycles. The molecule has 1 heterocycles. The lowest BCUT2D eigenvalue weighted by molar-refractivity contribution is -0.137. The van der Waals surface area contributed by atoms with Crippen molar-refractivity contribution < 1.29 is 23.8 Å². The molecular formula is C28H25Cl2N3O5. The highest BCUT2D eigenvalue weighted by atomic mass is 35.5. The maximum Gasteiger partial charge on any atom is 0.323 e. The molecule has 2 N–H and O–H groups in total. The molecule has 0 bridgehead atoms. The predicted octanol–water partition coefficient (Wildman–Crippen LogP) is 6.70. The van der Waals surface area contributed by atoms with Gasteiger partial charge in [-0.3, -0.25) is 4.79 Å². The van der Waals surface area contributed by atoms with Crippen LogP contribution in [-0.4, -0.2) is 40.1 Å². The normalized spacial score (nSPS) is 10.7. The molecule has 2 amide bonds. The Morgan fingerprint density at radius 3 is 2.47 bits per heavy atom. The summed E-state index contributed by atoms with van der Waals surface area (Å²) >= 11 is 12.0. The lowest BCUT2D eigenvalue weighted by atomic mass is 10.2. The summed E-state index contributed by atoms with van der Waals surface area (Å²) in [4.78, 5) is 30.0. The number of ether oxygens (including phenoxy) is 1. The fraction of sp³-hybridized carbons (Fsp3) is 0.179. The molecule has 0 saturated carbocycles. The maximum absolute atomic E-state index is 12.8. The zero-order valence-electron chi connectivity index (χ0n) is 20.5. The summed E-state index contributed by atoms with van der Waals surface area (Å²) in [6.45, 7) is 1.78. The quantitative estimate of drug-likeness (QED) is 0.226. The van der Waals surface area contributed by atoms with Crippen molar-refractivity contribution in [1.82, 2.24) is 9.88 Å². The van der Waals surface area contributed by atoms with Crippen LogP contribution in [0.5, 0.6) is 5.75 Å². The van der Waals surface area contributed by atoms with Gasteiger partial charge in [0.25, 0.3) is 0 Å².